The van der Waals surface area contributed by atoms with Crippen molar-refractivity contribution in [2.75, 3.05) is 37.0 Å². The van der Waals surface area contributed by atoms with Crippen LogP contribution >= 0.6 is 0 Å². The second kappa shape index (κ2) is 8.73. The molecule has 0 spiro atoms. The molecule has 1 aromatic carbocycles. The molecule has 0 atom stereocenters. The summed E-state index contributed by atoms with van der Waals surface area (Å²) in [6.07, 6.45) is 4.56. The van der Waals surface area contributed by atoms with Gasteiger partial charge in [0.2, 0.25) is 17.8 Å². The highest BCUT2D eigenvalue weighted by Gasteiger charge is 2.18. The number of benzene rings is 1. The number of halogens is 2. The van der Waals surface area contributed by atoms with E-state index in [-0.39, 0.29) is 12.1 Å². The maximum Gasteiger partial charge on any atom is 0.244 e. The molecule has 1 aromatic heterocycles. The van der Waals surface area contributed by atoms with Crippen molar-refractivity contribution in [1.29, 1.82) is 0 Å². The first-order chi connectivity index (χ1) is 13.4. The summed E-state index contributed by atoms with van der Waals surface area (Å²) in [5.41, 5.74) is 0.00141. The van der Waals surface area contributed by atoms with E-state index in [9.17, 15) is 13.6 Å². The fraction of sp³-hybridized carbons (Fsp3) is 0.368. The van der Waals surface area contributed by atoms with Crippen molar-refractivity contribution >= 4 is 23.9 Å². The Labute approximate surface area is 162 Å². The Bertz CT molecular complexity index is 881. The molecule has 0 bridgehead atoms. The predicted molar refractivity (Wildman–Crippen MR) is 103 cm³/mol. The molecule has 1 N–H and O–H groups in total. The first-order valence-corrected chi connectivity index (χ1v) is 9.00. The number of rotatable bonds is 6. The van der Waals surface area contributed by atoms with E-state index in [2.05, 4.69) is 25.2 Å². The molecule has 0 radical (unpaired) electrons. The van der Waals surface area contributed by atoms with E-state index >= 15 is 0 Å². The summed E-state index contributed by atoms with van der Waals surface area (Å²) < 4.78 is 26.8. The lowest BCUT2D eigenvalue weighted by atomic mass is 10.2. The van der Waals surface area contributed by atoms with Gasteiger partial charge in [0.05, 0.1) is 6.54 Å². The fourth-order valence-electron chi connectivity index (χ4n) is 2.77. The van der Waals surface area contributed by atoms with Crippen molar-refractivity contribution in [3.05, 3.63) is 47.3 Å². The average Bonchev–Trinajstić information content (AvgIpc) is 3.21. The van der Waals surface area contributed by atoms with Gasteiger partial charge in [-0.3, -0.25) is 4.79 Å². The zero-order valence-electron chi connectivity index (χ0n) is 15.8. The van der Waals surface area contributed by atoms with E-state index in [0.717, 1.165) is 50.2 Å². The Morgan fingerprint density at radius 2 is 1.96 bits per heavy atom. The topological polar surface area (TPSA) is 74.2 Å². The van der Waals surface area contributed by atoms with Crippen molar-refractivity contribution < 1.29 is 13.6 Å². The summed E-state index contributed by atoms with van der Waals surface area (Å²) in [5, 5.41) is 2.66. The van der Waals surface area contributed by atoms with Crippen LogP contribution in [0.2, 0.25) is 0 Å². The van der Waals surface area contributed by atoms with Crippen LogP contribution in [0.15, 0.2) is 24.3 Å². The predicted octanol–water partition coefficient (Wildman–Crippen LogP) is 2.15. The van der Waals surface area contributed by atoms with Crippen LogP contribution in [0.3, 0.4) is 0 Å². The highest BCUT2D eigenvalue weighted by molar-refractivity contribution is 5.91. The molecular weight excluding hydrogens is 366 g/mol. The number of carbonyl (C=O) groups excluding carboxylic acids is 1. The summed E-state index contributed by atoms with van der Waals surface area (Å²) >= 11 is 0. The van der Waals surface area contributed by atoms with Crippen LogP contribution in [-0.4, -0.2) is 48.0 Å². The smallest absolute Gasteiger partial charge is 0.244 e. The van der Waals surface area contributed by atoms with E-state index in [4.69, 9.17) is 0 Å². The lowest BCUT2D eigenvalue weighted by molar-refractivity contribution is -0.116. The maximum absolute atomic E-state index is 13.6. The normalized spacial score (nSPS) is 13.9. The molecule has 1 saturated heterocycles. The molecule has 2 heterocycles. The minimum atomic E-state index is -0.603. The Morgan fingerprint density at radius 3 is 2.68 bits per heavy atom. The van der Waals surface area contributed by atoms with Crippen LogP contribution in [0.25, 0.3) is 6.08 Å². The lowest BCUT2D eigenvalue weighted by Gasteiger charge is -2.18. The van der Waals surface area contributed by atoms with Gasteiger partial charge >= 0.3 is 0 Å². The third kappa shape index (κ3) is 4.99. The number of aromatic nitrogens is 3. The molecular formula is C19H22F2N6O. The van der Waals surface area contributed by atoms with Crippen LogP contribution < -0.4 is 15.1 Å². The zero-order chi connectivity index (χ0) is 20.1. The fourth-order valence-corrected chi connectivity index (χ4v) is 2.77. The molecule has 3 rings (SSSR count). The lowest BCUT2D eigenvalue weighted by Crippen LogP contribution is -2.26. The van der Waals surface area contributed by atoms with Gasteiger partial charge in [0.15, 0.2) is 5.82 Å². The van der Waals surface area contributed by atoms with Gasteiger partial charge in [-0.15, -0.1) is 0 Å². The van der Waals surface area contributed by atoms with Gasteiger partial charge in [0.25, 0.3) is 0 Å². The summed E-state index contributed by atoms with van der Waals surface area (Å²) in [5.74, 6) is -0.0973. The van der Waals surface area contributed by atoms with E-state index in [0.29, 0.717) is 17.7 Å². The standard InChI is InChI=1S/C19H22F2N6O/c1-26(2)18-23-16(24-19(25-18)27-9-3-4-10-27)12-22-17(28)8-5-13-11-14(20)6-7-15(13)21/h5-8,11H,3-4,9-10,12H2,1-2H3,(H,22,28). The van der Waals surface area contributed by atoms with Gasteiger partial charge in [-0.25, -0.2) is 8.78 Å². The summed E-state index contributed by atoms with van der Waals surface area (Å²) in [6.45, 7) is 1.88. The van der Waals surface area contributed by atoms with E-state index in [1.807, 2.05) is 14.1 Å². The number of hydrogen-bond acceptors (Lipinski definition) is 6. The molecule has 0 saturated carbocycles. The molecule has 1 aliphatic heterocycles. The quantitative estimate of drug-likeness (QED) is 0.765. The molecule has 1 aliphatic rings. The van der Waals surface area contributed by atoms with Crippen LogP contribution in [0.4, 0.5) is 20.7 Å². The average molecular weight is 388 g/mol. The van der Waals surface area contributed by atoms with Crippen LogP contribution in [-0.2, 0) is 11.3 Å². The molecule has 1 amide bonds. The number of anilines is 2. The third-order valence-electron chi connectivity index (χ3n) is 4.24. The number of nitrogens with one attached hydrogen (secondary N) is 1. The highest BCUT2D eigenvalue weighted by Crippen LogP contribution is 2.18. The van der Waals surface area contributed by atoms with Gasteiger partial charge in [-0.05, 0) is 37.1 Å². The van der Waals surface area contributed by atoms with Crippen LogP contribution in [0.5, 0.6) is 0 Å². The monoisotopic (exact) mass is 388 g/mol. The van der Waals surface area contributed by atoms with Gasteiger partial charge in [-0.1, -0.05) is 0 Å². The largest absolute Gasteiger partial charge is 0.347 e. The number of amides is 1. The first-order valence-electron chi connectivity index (χ1n) is 9.00. The van der Waals surface area contributed by atoms with E-state index in [1.165, 1.54) is 6.08 Å². The van der Waals surface area contributed by atoms with Crippen molar-refractivity contribution in [2.24, 2.45) is 0 Å². The molecule has 2 aromatic rings. The maximum atomic E-state index is 13.6. The van der Waals surface area contributed by atoms with Crippen molar-refractivity contribution in [3.63, 3.8) is 0 Å². The van der Waals surface area contributed by atoms with Crippen LogP contribution in [0.1, 0.15) is 24.2 Å². The molecule has 9 heteroatoms. The Hall–Kier alpha value is -3.10. The molecule has 7 nitrogen and oxygen atoms in total. The molecule has 1 fully saturated rings. The Kier molecular flexibility index (Phi) is 6.13. The van der Waals surface area contributed by atoms with Gasteiger partial charge in [-0.2, -0.15) is 15.0 Å². The summed E-state index contributed by atoms with van der Waals surface area (Å²) in [6, 6.07) is 3.06. The minimum absolute atomic E-state index is 0.00141. The SMILES string of the molecule is CN(C)c1nc(CNC(=O)C=Cc2cc(F)ccc2F)nc(N2CCCC2)n1. The number of carbonyl (C=O) groups is 1. The minimum Gasteiger partial charge on any atom is -0.347 e. The second-order valence-corrected chi connectivity index (χ2v) is 6.66. The molecule has 0 unspecified atom stereocenters. The van der Waals surface area contributed by atoms with Crippen molar-refractivity contribution in [2.45, 2.75) is 19.4 Å². The zero-order valence-corrected chi connectivity index (χ0v) is 15.8. The Morgan fingerprint density at radius 1 is 1.21 bits per heavy atom. The summed E-state index contributed by atoms with van der Waals surface area (Å²) in [7, 11) is 3.67. The van der Waals surface area contributed by atoms with Gasteiger partial charge in [0.1, 0.15) is 11.6 Å². The number of nitrogens with zero attached hydrogens (tertiary/aromatic N) is 5. The van der Waals surface area contributed by atoms with E-state index in [1.54, 1.807) is 4.90 Å². The molecule has 148 valence electrons. The summed E-state index contributed by atoms with van der Waals surface area (Å²) in [4.78, 5) is 29.2. The third-order valence-corrected chi connectivity index (χ3v) is 4.24. The van der Waals surface area contributed by atoms with Crippen molar-refractivity contribution in [3.8, 4) is 0 Å². The first kappa shape index (κ1) is 19.7. The molecule has 28 heavy (non-hydrogen) atoms. The van der Waals surface area contributed by atoms with Crippen LogP contribution in [0, 0.1) is 11.6 Å². The van der Waals surface area contributed by atoms with E-state index < -0.39 is 17.5 Å². The highest BCUT2D eigenvalue weighted by atomic mass is 19.1. The van der Waals surface area contributed by atoms with Crippen molar-refractivity contribution in [1.82, 2.24) is 20.3 Å². The van der Waals surface area contributed by atoms with Gasteiger partial charge in [0, 0.05) is 38.8 Å². The molecule has 0 aliphatic carbocycles. The second-order valence-electron chi connectivity index (χ2n) is 6.66. The van der Waals surface area contributed by atoms with Gasteiger partial charge < -0.3 is 15.1 Å². The Balaban J connectivity index is 1.68. The number of hydrogen-bond donors (Lipinski definition) is 1.